The molecule has 1 amide bonds. The standard InChI is InChI=1S/C13H16N4OS2/c1-3-17(9(2)18)13-16-10(8-20-13)7-19-12-4-5-15-6-11(12)14/h4-6,8H,3,7,14H2,1-2H3. The summed E-state index contributed by atoms with van der Waals surface area (Å²) in [7, 11) is 0. The van der Waals surface area contributed by atoms with E-state index in [0.717, 1.165) is 21.5 Å². The normalized spacial score (nSPS) is 10.5. The molecule has 0 unspecified atom stereocenters. The van der Waals surface area contributed by atoms with E-state index in [1.54, 1.807) is 36.0 Å². The molecule has 0 aliphatic heterocycles. The molecule has 2 rings (SSSR count). The number of hydrogen-bond donors (Lipinski definition) is 1. The molecule has 0 saturated heterocycles. The molecule has 0 aliphatic rings. The number of carbonyl (C=O) groups excluding carboxylic acids is 1. The van der Waals surface area contributed by atoms with Crippen LogP contribution in [0.2, 0.25) is 0 Å². The van der Waals surface area contributed by atoms with Gasteiger partial charge in [-0.15, -0.1) is 23.1 Å². The van der Waals surface area contributed by atoms with Crippen LogP contribution in [0.25, 0.3) is 0 Å². The second-order valence-electron chi connectivity index (χ2n) is 4.09. The fraction of sp³-hybridized carbons (Fsp3) is 0.308. The average molecular weight is 308 g/mol. The lowest BCUT2D eigenvalue weighted by Gasteiger charge is -2.14. The number of nitrogens with zero attached hydrogens (tertiary/aromatic N) is 3. The highest BCUT2D eigenvalue weighted by Gasteiger charge is 2.13. The third kappa shape index (κ3) is 3.49. The van der Waals surface area contributed by atoms with E-state index in [2.05, 4.69) is 9.97 Å². The number of nitrogen functional groups attached to an aromatic ring is 1. The van der Waals surface area contributed by atoms with E-state index < -0.39 is 0 Å². The maximum atomic E-state index is 11.5. The molecule has 2 N–H and O–H groups in total. The van der Waals surface area contributed by atoms with Gasteiger partial charge in [0.2, 0.25) is 5.91 Å². The maximum absolute atomic E-state index is 11.5. The van der Waals surface area contributed by atoms with Crippen molar-refractivity contribution in [1.82, 2.24) is 9.97 Å². The van der Waals surface area contributed by atoms with Crippen molar-refractivity contribution < 1.29 is 4.79 Å². The average Bonchev–Trinajstić information content (AvgIpc) is 2.87. The van der Waals surface area contributed by atoms with E-state index in [9.17, 15) is 4.79 Å². The molecule has 0 aromatic carbocycles. The number of anilines is 2. The summed E-state index contributed by atoms with van der Waals surface area (Å²) in [5.41, 5.74) is 7.47. The highest BCUT2D eigenvalue weighted by molar-refractivity contribution is 7.98. The summed E-state index contributed by atoms with van der Waals surface area (Å²) in [5, 5.41) is 2.73. The first kappa shape index (κ1) is 14.8. The fourth-order valence-corrected chi connectivity index (χ4v) is 3.52. The lowest BCUT2D eigenvalue weighted by atomic mass is 10.4. The van der Waals surface area contributed by atoms with Crippen molar-refractivity contribution in [2.45, 2.75) is 24.5 Å². The molecular weight excluding hydrogens is 292 g/mol. The molecule has 2 aromatic heterocycles. The lowest BCUT2D eigenvalue weighted by molar-refractivity contribution is -0.116. The second kappa shape index (κ2) is 6.71. The molecule has 2 aromatic rings. The molecule has 0 spiro atoms. The Bertz CT molecular complexity index is 600. The van der Waals surface area contributed by atoms with E-state index in [4.69, 9.17) is 5.73 Å². The summed E-state index contributed by atoms with van der Waals surface area (Å²) in [6.07, 6.45) is 3.36. The molecule has 0 fully saturated rings. The minimum atomic E-state index is 0.0134. The first-order chi connectivity index (χ1) is 9.61. The zero-order chi connectivity index (χ0) is 14.5. The topological polar surface area (TPSA) is 72.1 Å². The van der Waals surface area contributed by atoms with Crippen LogP contribution in [-0.2, 0) is 10.5 Å². The van der Waals surface area contributed by atoms with Crippen molar-refractivity contribution in [3.05, 3.63) is 29.5 Å². The van der Waals surface area contributed by atoms with Gasteiger partial charge < -0.3 is 5.73 Å². The number of hydrogen-bond acceptors (Lipinski definition) is 6. The van der Waals surface area contributed by atoms with Gasteiger partial charge in [0, 0.05) is 35.7 Å². The van der Waals surface area contributed by atoms with Crippen molar-refractivity contribution in [3.63, 3.8) is 0 Å². The van der Waals surface area contributed by atoms with E-state index >= 15 is 0 Å². The van der Waals surface area contributed by atoms with Crippen molar-refractivity contribution in [2.24, 2.45) is 0 Å². The monoisotopic (exact) mass is 308 g/mol. The van der Waals surface area contributed by atoms with Gasteiger partial charge in [0.25, 0.3) is 0 Å². The van der Waals surface area contributed by atoms with Crippen molar-refractivity contribution in [1.29, 1.82) is 0 Å². The molecule has 106 valence electrons. The smallest absolute Gasteiger partial charge is 0.225 e. The van der Waals surface area contributed by atoms with Crippen molar-refractivity contribution >= 4 is 39.8 Å². The van der Waals surface area contributed by atoms with Gasteiger partial charge in [0.15, 0.2) is 5.13 Å². The molecule has 0 radical (unpaired) electrons. The Balaban J connectivity index is 2.03. The summed E-state index contributed by atoms with van der Waals surface area (Å²) >= 11 is 3.10. The number of thioether (sulfide) groups is 1. The Labute approximate surface area is 126 Å². The van der Waals surface area contributed by atoms with E-state index in [1.165, 1.54) is 11.3 Å². The van der Waals surface area contributed by atoms with Crippen molar-refractivity contribution in [3.8, 4) is 0 Å². The number of aromatic nitrogens is 2. The van der Waals surface area contributed by atoms with Gasteiger partial charge in [0.05, 0.1) is 17.6 Å². The zero-order valence-corrected chi connectivity index (χ0v) is 13.0. The largest absolute Gasteiger partial charge is 0.397 e. The van der Waals surface area contributed by atoms with Crippen molar-refractivity contribution in [2.75, 3.05) is 17.2 Å². The maximum Gasteiger partial charge on any atom is 0.225 e. The van der Waals surface area contributed by atoms with Gasteiger partial charge in [-0.1, -0.05) is 0 Å². The quantitative estimate of drug-likeness (QED) is 0.860. The number of amides is 1. The van der Waals surface area contributed by atoms with Gasteiger partial charge in [-0.25, -0.2) is 4.98 Å². The van der Waals surface area contributed by atoms with Crippen LogP contribution >= 0.6 is 23.1 Å². The third-order valence-electron chi connectivity index (χ3n) is 2.65. The summed E-state index contributed by atoms with van der Waals surface area (Å²) in [4.78, 5) is 22.6. The van der Waals surface area contributed by atoms with Gasteiger partial charge in [0.1, 0.15) is 0 Å². The summed E-state index contributed by atoms with van der Waals surface area (Å²) in [6, 6.07) is 1.89. The van der Waals surface area contributed by atoms with Crippen LogP contribution in [0.4, 0.5) is 10.8 Å². The van der Waals surface area contributed by atoms with E-state index in [-0.39, 0.29) is 5.91 Å². The lowest BCUT2D eigenvalue weighted by Crippen LogP contribution is -2.27. The predicted molar refractivity (Wildman–Crippen MR) is 84.0 cm³/mol. The van der Waals surface area contributed by atoms with Crippen LogP contribution < -0.4 is 10.6 Å². The third-order valence-corrected chi connectivity index (χ3v) is 4.69. The fourth-order valence-electron chi connectivity index (χ4n) is 1.66. The van der Waals surface area contributed by atoms with E-state index in [0.29, 0.717) is 12.2 Å². The number of carbonyl (C=O) groups is 1. The van der Waals surface area contributed by atoms with Crippen LogP contribution in [0.1, 0.15) is 19.5 Å². The molecule has 0 saturated carbocycles. The molecule has 0 aliphatic carbocycles. The predicted octanol–water partition coefficient (Wildman–Crippen LogP) is 2.79. The Morgan fingerprint density at radius 2 is 2.35 bits per heavy atom. The van der Waals surface area contributed by atoms with E-state index in [1.807, 2.05) is 18.4 Å². The molecule has 0 atom stereocenters. The molecule has 20 heavy (non-hydrogen) atoms. The Hall–Kier alpha value is -1.60. The van der Waals surface area contributed by atoms with Gasteiger partial charge in [-0.3, -0.25) is 14.7 Å². The minimum Gasteiger partial charge on any atom is -0.397 e. The first-order valence-corrected chi connectivity index (χ1v) is 8.03. The molecule has 2 heterocycles. The summed E-state index contributed by atoms with van der Waals surface area (Å²) in [6.45, 7) is 4.12. The van der Waals surface area contributed by atoms with Crippen LogP contribution in [-0.4, -0.2) is 22.4 Å². The highest BCUT2D eigenvalue weighted by atomic mass is 32.2. The van der Waals surface area contributed by atoms with Crippen LogP contribution in [0.15, 0.2) is 28.7 Å². The molecule has 5 nitrogen and oxygen atoms in total. The number of pyridine rings is 1. The minimum absolute atomic E-state index is 0.0134. The Morgan fingerprint density at radius 1 is 1.55 bits per heavy atom. The van der Waals surface area contributed by atoms with Gasteiger partial charge in [-0.05, 0) is 13.0 Å². The van der Waals surface area contributed by atoms with Gasteiger partial charge in [-0.2, -0.15) is 0 Å². The summed E-state index contributed by atoms with van der Waals surface area (Å²) < 4.78 is 0. The first-order valence-electron chi connectivity index (χ1n) is 6.16. The Kier molecular flexibility index (Phi) is 4.97. The van der Waals surface area contributed by atoms with Gasteiger partial charge >= 0.3 is 0 Å². The zero-order valence-electron chi connectivity index (χ0n) is 11.4. The molecule has 7 heteroatoms. The summed E-state index contributed by atoms with van der Waals surface area (Å²) in [5.74, 6) is 0.736. The molecule has 0 bridgehead atoms. The number of nitrogens with two attached hydrogens (primary N) is 1. The SMILES string of the molecule is CCN(C(C)=O)c1nc(CSc2ccncc2N)cs1. The number of thiazole rings is 1. The second-order valence-corrected chi connectivity index (χ2v) is 5.94. The van der Waals surface area contributed by atoms with Crippen LogP contribution in [0.3, 0.4) is 0 Å². The van der Waals surface area contributed by atoms with Crippen LogP contribution in [0, 0.1) is 0 Å². The number of rotatable bonds is 5. The molecular formula is C13H16N4OS2. The highest BCUT2D eigenvalue weighted by Crippen LogP contribution is 2.29. The Morgan fingerprint density at radius 3 is 3.00 bits per heavy atom. The van der Waals surface area contributed by atoms with Crippen LogP contribution in [0.5, 0.6) is 0 Å².